The Labute approximate surface area is 138 Å². The lowest BCUT2D eigenvalue weighted by atomic mass is 10.2. The molecular formula is C16H14Cl2FNO2. The van der Waals surface area contributed by atoms with Gasteiger partial charge in [0.15, 0.2) is 6.10 Å². The van der Waals surface area contributed by atoms with Crippen molar-refractivity contribution in [2.45, 2.75) is 19.4 Å². The predicted octanol–water partition coefficient (Wildman–Crippen LogP) is 4.93. The van der Waals surface area contributed by atoms with E-state index < -0.39 is 6.10 Å². The van der Waals surface area contributed by atoms with Gasteiger partial charge in [-0.15, -0.1) is 0 Å². The summed E-state index contributed by atoms with van der Waals surface area (Å²) in [6.45, 7) is 1.81. The van der Waals surface area contributed by atoms with Crippen LogP contribution >= 0.6 is 23.2 Å². The van der Waals surface area contributed by atoms with Crippen LogP contribution in [0.15, 0.2) is 42.5 Å². The SMILES string of the molecule is CC[C@@H](Oc1ccc(F)cc1)C(=O)Nc1cccc(Cl)c1Cl. The molecule has 0 fully saturated rings. The first-order valence-corrected chi connectivity index (χ1v) is 7.44. The molecule has 2 aromatic rings. The summed E-state index contributed by atoms with van der Waals surface area (Å²) in [6, 6.07) is 10.4. The topological polar surface area (TPSA) is 38.3 Å². The molecule has 0 unspecified atom stereocenters. The van der Waals surface area contributed by atoms with Gasteiger partial charge in [0.1, 0.15) is 11.6 Å². The number of benzene rings is 2. The first-order valence-electron chi connectivity index (χ1n) is 6.68. The van der Waals surface area contributed by atoms with E-state index in [0.29, 0.717) is 22.9 Å². The zero-order valence-corrected chi connectivity index (χ0v) is 13.3. The molecule has 0 radical (unpaired) electrons. The molecule has 1 atom stereocenters. The van der Waals surface area contributed by atoms with Crippen molar-refractivity contribution in [1.82, 2.24) is 0 Å². The Morgan fingerprint density at radius 2 is 1.91 bits per heavy atom. The molecule has 0 saturated carbocycles. The quantitative estimate of drug-likeness (QED) is 0.837. The fraction of sp³-hybridized carbons (Fsp3) is 0.188. The van der Waals surface area contributed by atoms with Crippen LogP contribution in [-0.4, -0.2) is 12.0 Å². The Kier molecular flexibility index (Phi) is 5.63. The van der Waals surface area contributed by atoms with Crippen LogP contribution in [-0.2, 0) is 4.79 Å². The second kappa shape index (κ2) is 7.47. The van der Waals surface area contributed by atoms with Gasteiger partial charge in [-0.25, -0.2) is 4.39 Å². The number of amides is 1. The van der Waals surface area contributed by atoms with E-state index >= 15 is 0 Å². The van der Waals surface area contributed by atoms with Crippen LogP contribution in [0.2, 0.25) is 10.0 Å². The van der Waals surface area contributed by atoms with E-state index in [9.17, 15) is 9.18 Å². The van der Waals surface area contributed by atoms with E-state index in [4.69, 9.17) is 27.9 Å². The molecule has 0 saturated heterocycles. The summed E-state index contributed by atoms with van der Waals surface area (Å²) in [6.07, 6.45) is -0.276. The third kappa shape index (κ3) is 4.12. The van der Waals surface area contributed by atoms with E-state index in [1.807, 2.05) is 6.92 Å². The Hall–Kier alpha value is -1.78. The molecule has 2 aromatic carbocycles. The molecule has 0 aliphatic rings. The summed E-state index contributed by atoms with van der Waals surface area (Å²) in [5.74, 6) is -0.299. The molecule has 0 spiro atoms. The van der Waals surface area contributed by atoms with Gasteiger partial charge < -0.3 is 10.1 Å². The zero-order valence-electron chi connectivity index (χ0n) is 11.8. The van der Waals surface area contributed by atoms with Crippen LogP contribution in [0.1, 0.15) is 13.3 Å². The molecule has 1 N–H and O–H groups in total. The molecule has 3 nitrogen and oxygen atoms in total. The molecular weight excluding hydrogens is 328 g/mol. The van der Waals surface area contributed by atoms with E-state index in [2.05, 4.69) is 5.32 Å². The summed E-state index contributed by atoms with van der Waals surface area (Å²) in [4.78, 5) is 12.3. The maximum Gasteiger partial charge on any atom is 0.265 e. The molecule has 0 aromatic heterocycles. The highest BCUT2D eigenvalue weighted by atomic mass is 35.5. The third-order valence-corrected chi connectivity index (χ3v) is 3.78. The average Bonchev–Trinajstić information content (AvgIpc) is 2.51. The monoisotopic (exact) mass is 341 g/mol. The fourth-order valence-corrected chi connectivity index (χ4v) is 2.16. The normalized spacial score (nSPS) is 11.8. The minimum absolute atomic E-state index is 0.272. The zero-order chi connectivity index (χ0) is 16.1. The lowest BCUT2D eigenvalue weighted by molar-refractivity contribution is -0.122. The van der Waals surface area contributed by atoms with Crippen molar-refractivity contribution in [3.8, 4) is 5.75 Å². The van der Waals surface area contributed by atoms with E-state index in [0.717, 1.165) is 0 Å². The molecule has 1 amide bonds. The van der Waals surface area contributed by atoms with Crippen molar-refractivity contribution in [2.75, 3.05) is 5.32 Å². The summed E-state index contributed by atoms with van der Waals surface area (Å²) < 4.78 is 18.4. The molecule has 2 rings (SSSR count). The second-order valence-electron chi connectivity index (χ2n) is 4.56. The minimum atomic E-state index is -0.722. The molecule has 0 aliphatic heterocycles. The van der Waals surface area contributed by atoms with Gasteiger partial charge in [-0.3, -0.25) is 4.79 Å². The van der Waals surface area contributed by atoms with Gasteiger partial charge in [0, 0.05) is 0 Å². The van der Waals surface area contributed by atoms with Gasteiger partial charge in [-0.1, -0.05) is 36.2 Å². The van der Waals surface area contributed by atoms with Crippen molar-refractivity contribution in [1.29, 1.82) is 0 Å². The van der Waals surface area contributed by atoms with Crippen LogP contribution < -0.4 is 10.1 Å². The van der Waals surface area contributed by atoms with Crippen molar-refractivity contribution in [3.63, 3.8) is 0 Å². The van der Waals surface area contributed by atoms with E-state index in [1.165, 1.54) is 24.3 Å². The summed E-state index contributed by atoms with van der Waals surface area (Å²) in [7, 11) is 0. The Balaban J connectivity index is 2.08. The highest BCUT2D eigenvalue weighted by Crippen LogP contribution is 2.29. The molecule has 0 heterocycles. The number of hydrogen-bond acceptors (Lipinski definition) is 2. The first-order chi connectivity index (χ1) is 10.5. The van der Waals surface area contributed by atoms with E-state index in [-0.39, 0.29) is 16.7 Å². The van der Waals surface area contributed by atoms with Gasteiger partial charge in [-0.05, 0) is 42.8 Å². The van der Waals surface area contributed by atoms with Crippen LogP contribution in [0.4, 0.5) is 10.1 Å². The summed E-state index contributed by atoms with van der Waals surface area (Å²) >= 11 is 11.9. The third-order valence-electron chi connectivity index (χ3n) is 2.96. The number of hydrogen-bond donors (Lipinski definition) is 1. The van der Waals surface area contributed by atoms with Crippen molar-refractivity contribution < 1.29 is 13.9 Å². The maximum absolute atomic E-state index is 12.9. The predicted molar refractivity (Wildman–Crippen MR) is 86.2 cm³/mol. The van der Waals surface area contributed by atoms with Crippen molar-refractivity contribution >= 4 is 34.8 Å². The highest BCUT2D eigenvalue weighted by molar-refractivity contribution is 6.44. The summed E-state index contributed by atoms with van der Waals surface area (Å²) in [5, 5.41) is 3.31. The number of halogens is 3. The fourth-order valence-electron chi connectivity index (χ4n) is 1.81. The standard InChI is InChI=1S/C16H14Cl2FNO2/c1-2-14(22-11-8-6-10(19)7-9-11)16(21)20-13-5-3-4-12(17)15(13)18/h3-9,14H,2H2,1H3,(H,20,21)/t14-/m1/s1. The Bertz CT molecular complexity index is 662. The lowest BCUT2D eigenvalue weighted by Gasteiger charge is -2.18. The van der Waals surface area contributed by atoms with E-state index in [1.54, 1.807) is 18.2 Å². The lowest BCUT2D eigenvalue weighted by Crippen LogP contribution is -2.32. The maximum atomic E-state index is 12.9. The molecule has 22 heavy (non-hydrogen) atoms. The van der Waals surface area contributed by atoms with Crippen LogP contribution in [0.25, 0.3) is 0 Å². The van der Waals surface area contributed by atoms with Gasteiger partial charge in [0.25, 0.3) is 5.91 Å². The highest BCUT2D eigenvalue weighted by Gasteiger charge is 2.20. The Morgan fingerprint density at radius 3 is 2.55 bits per heavy atom. The largest absolute Gasteiger partial charge is 0.481 e. The average molecular weight is 342 g/mol. The van der Waals surface area contributed by atoms with Crippen LogP contribution in [0, 0.1) is 5.82 Å². The van der Waals surface area contributed by atoms with Crippen LogP contribution in [0.3, 0.4) is 0 Å². The smallest absolute Gasteiger partial charge is 0.265 e. The van der Waals surface area contributed by atoms with Gasteiger partial charge in [0.05, 0.1) is 15.7 Å². The summed E-state index contributed by atoms with van der Waals surface area (Å²) in [5.41, 5.74) is 0.417. The second-order valence-corrected chi connectivity index (χ2v) is 5.34. The number of carbonyl (C=O) groups excluding carboxylic acids is 1. The Morgan fingerprint density at radius 1 is 1.23 bits per heavy atom. The van der Waals surface area contributed by atoms with Gasteiger partial charge in [-0.2, -0.15) is 0 Å². The molecule has 6 heteroatoms. The number of rotatable bonds is 5. The molecule has 0 aliphatic carbocycles. The van der Waals surface area contributed by atoms with Crippen molar-refractivity contribution in [2.24, 2.45) is 0 Å². The number of carbonyl (C=O) groups is 1. The number of nitrogens with one attached hydrogen (secondary N) is 1. The van der Waals surface area contributed by atoms with Crippen molar-refractivity contribution in [3.05, 3.63) is 58.3 Å². The molecule has 0 bridgehead atoms. The first kappa shape index (κ1) is 16.6. The minimum Gasteiger partial charge on any atom is -0.481 e. The number of ether oxygens (including phenoxy) is 1. The van der Waals surface area contributed by atoms with Gasteiger partial charge in [0.2, 0.25) is 0 Å². The van der Waals surface area contributed by atoms with Crippen LogP contribution in [0.5, 0.6) is 5.75 Å². The molecule has 116 valence electrons. The number of anilines is 1. The van der Waals surface area contributed by atoms with Gasteiger partial charge >= 0.3 is 0 Å².